The Morgan fingerprint density at radius 2 is 1.12 bits per heavy atom. The van der Waals surface area contributed by atoms with E-state index in [-0.39, 0.29) is 7.43 Å². The normalized spacial score (nSPS) is 9.42. The summed E-state index contributed by atoms with van der Waals surface area (Å²) in [5.41, 5.74) is 2.70. The Kier molecular flexibility index (Phi) is 10.3. The Bertz CT molecular complexity index is 818. The van der Waals surface area contributed by atoms with Crippen LogP contribution in [0.2, 0.25) is 0 Å². The van der Waals surface area contributed by atoms with Gasteiger partial charge in [-0.15, -0.1) is 81.2 Å². The third-order valence-corrected chi connectivity index (χ3v) is 7.40. The van der Waals surface area contributed by atoms with Gasteiger partial charge < -0.3 is 7.43 Å². The van der Waals surface area contributed by atoms with Gasteiger partial charge in [-0.2, -0.15) is 12.1 Å². The Balaban J connectivity index is 0.000000204. The van der Waals surface area contributed by atoms with Crippen molar-refractivity contribution in [3.8, 4) is 0 Å². The van der Waals surface area contributed by atoms with Crippen LogP contribution in [0.3, 0.4) is 0 Å². The van der Waals surface area contributed by atoms with Crippen LogP contribution in [-0.2, 0) is 18.9 Å². The van der Waals surface area contributed by atoms with Crippen molar-refractivity contribution in [2.45, 2.75) is 20.8 Å². The van der Waals surface area contributed by atoms with Gasteiger partial charge >= 0.3 is 46.5 Å². The van der Waals surface area contributed by atoms with Gasteiger partial charge in [-0.25, -0.2) is 0 Å². The molecule has 0 aliphatic rings. The van der Waals surface area contributed by atoms with E-state index in [2.05, 4.69) is 86.6 Å². The summed E-state index contributed by atoms with van der Waals surface area (Å²) in [4.78, 5) is 0. The first kappa shape index (κ1) is 23.0. The minimum Gasteiger partial charge on any atom is -0.358 e. The molecule has 0 bridgehead atoms. The van der Waals surface area contributed by atoms with Crippen LogP contribution in [0.1, 0.15) is 18.1 Å². The average Bonchev–Trinajstić information content (AvgIpc) is 3.16. The Morgan fingerprint density at radius 1 is 0.769 bits per heavy atom. The van der Waals surface area contributed by atoms with Crippen LogP contribution in [0.5, 0.6) is 0 Å². The summed E-state index contributed by atoms with van der Waals surface area (Å²) in [5.74, 6) is 0. The maximum atomic E-state index is 5.37. The van der Waals surface area contributed by atoms with E-state index in [1.165, 1.54) is 32.7 Å². The van der Waals surface area contributed by atoms with Gasteiger partial charge in [-0.05, 0) is 0 Å². The van der Waals surface area contributed by atoms with Gasteiger partial charge in [0.1, 0.15) is 0 Å². The standard InChI is InChI=1S/2C10H9.C2H4.CH3.2ClH.Zr/c2*1-8-6-9-4-2-3-5-10(9)7-8;1-2;;;;/h2*2-7H,1H3;1H,2H3;1H3;2*1H;/q2*-1;;-1;;;+2/p-2. The largest absolute Gasteiger partial charge is 0.358 e. The molecule has 0 aliphatic heterocycles. The maximum Gasteiger partial charge on any atom is -0.0579 e. The van der Waals surface area contributed by atoms with Crippen LogP contribution >= 0.6 is 17.0 Å². The minimum atomic E-state index is -1.76. The Labute approximate surface area is 172 Å². The van der Waals surface area contributed by atoms with Crippen molar-refractivity contribution in [3.05, 3.63) is 91.3 Å². The van der Waals surface area contributed by atoms with Crippen LogP contribution < -0.4 is 0 Å². The molecule has 0 heterocycles. The number of benzene rings is 2. The van der Waals surface area contributed by atoms with Crippen molar-refractivity contribution >= 4 is 42.3 Å². The van der Waals surface area contributed by atoms with E-state index in [0.717, 1.165) is 0 Å². The zero-order valence-electron chi connectivity index (χ0n) is 15.8. The molecule has 0 saturated carbocycles. The minimum absolute atomic E-state index is 0. The van der Waals surface area contributed by atoms with Crippen molar-refractivity contribution in [3.63, 3.8) is 0 Å². The maximum absolute atomic E-state index is 5.37. The first-order chi connectivity index (χ1) is 12.0. The van der Waals surface area contributed by atoms with Crippen molar-refractivity contribution in [2.75, 3.05) is 0 Å². The summed E-state index contributed by atoms with van der Waals surface area (Å²) >= 11 is -1.76. The predicted octanol–water partition coefficient (Wildman–Crippen LogP) is 7.92. The van der Waals surface area contributed by atoms with Crippen molar-refractivity contribution in [1.82, 2.24) is 0 Å². The molecule has 3 heteroatoms. The van der Waals surface area contributed by atoms with Gasteiger partial charge in [0, 0.05) is 0 Å². The molecule has 0 atom stereocenters. The van der Waals surface area contributed by atoms with Crippen LogP contribution in [0.25, 0.3) is 21.5 Å². The molecule has 0 radical (unpaired) electrons. The molecule has 0 fully saturated rings. The molecular weight excluding hydrogens is 438 g/mol. The van der Waals surface area contributed by atoms with E-state index in [9.17, 15) is 0 Å². The predicted molar refractivity (Wildman–Crippen MR) is 118 cm³/mol. The summed E-state index contributed by atoms with van der Waals surface area (Å²) in [5, 5.41) is 5.39. The summed E-state index contributed by atoms with van der Waals surface area (Å²) in [6, 6.07) is 25.7. The second-order valence-corrected chi connectivity index (χ2v) is 14.7. The molecule has 4 aromatic rings. The van der Waals surface area contributed by atoms with E-state index in [1.807, 2.05) is 10.6 Å². The average molecular weight is 464 g/mol. The molecule has 0 unspecified atom stereocenters. The fraction of sp³-hybridized carbons (Fsp3) is 0.130. The molecule has 4 aromatic carbocycles. The number of hydrogen-bond donors (Lipinski definition) is 0. The smallest absolute Gasteiger partial charge is 0.0579 e. The molecule has 0 aromatic heterocycles. The monoisotopic (exact) mass is 461 g/mol. The second kappa shape index (κ2) is 11.7. The quantitative estimate of drug-likeness (QED) is 0.232. The molecule has 0 aliphatic carbocycles. The van der Waals surface area contributed by atoms with E-state index < -0.39 is 18.9 Å². The van der Waals surface area contributed by atoms with E-state index in [1.54, 1.807) is 0 Å². The van der Waals surface area contributed by atoms with Gasteiger partial charge in [0.15, 0.2) is 0 Å². The van der Waals surface area contributed by atoms with Crippen LogP contribution in [0.15, 0.2) is 72.8 Å². The molecule has 138 valence electrons. The molecule has 0 spiro atoms. The van der Waals surface area contributed by atoms with Crippen molar-refractivity contribution < 1.29 is 18.9 Å². The fourth-order valence-electron chi connectivity index (χ4n) is 2.61. The summed E-state index contributed by atoms with van der Waals surface area (Å²) in [6.45, 7) is 6.15. The van der Waals surface area contributed by atoms with Crippen LogP contribution in [0.4, 0.5) is 0 Å². The van der Waals surface area contributed by atoms with Gasteiger partial charge in [-0.3, -0.25) is 0 Å². The van der Waals surface area contributed by atoms with E-state index in [4.69, 9.17) is 17.0 Å². The molecule has 0 saturated heterocycles. The molecule has 0 amide bonds. The van der Waals surface area contributed by atoms with E-state index >= 15 is 0 Å². The van der Waals surface area contributed by atoms with Gasteiger partial charge in [0.25, 0.3) is 0 Å². The number of fused-ring (bicyclic) bond motifs is 2. The Morgan fingerprint density at radius 3 is 1.42 bits per heavy atom. The third-order valence-electron chi connectivity index (χ3n) is 3.74. The van der Waals surface area contributed by atoms with Crippen LogP contribution in [-0.4, -0.2) is 3.71 Å². The molecule has 0 nitrogen and oxygen atoms in total. The van der Waals surface area contributed by atoms with Gasteiger partial charge in [0.05, 0.1) is 0 Å². The first-order valence-electron chi connectivity index (χ1n) is 8.21. The number of hydrogen-bond acceptors (Lipinski definition) is 0. The topological polar surface area (TPSA) is 0 Å². The van der Waals surface area contributed by atoms with Crippen LogP contribution in [0, 0.1) is 21.3 Å². The fourth-order valence-corrected chi connectivity index (χ4v) is 2.61. The number of rotatable bonds is 0. The summed E-state index contributed by atoms with van der Waals surface area (Å²) < 4.78 is 1.89. The SMILES string of the molecule is C[CH]=[Zr]([Cl])[Cl].Cc1cc2ccccc2[cH-]1.Cc1cc2ccccc2[cH-]1.[CH3-]. The van der Waals surface area contributed by atoms with Crippen molar-refractivity contribution in [1.29, 1.82) is 0 Å². The summed E-state index contributed by atoms with van der Waals surface area (Å²) in [7, 11) is 10.7. The molecular formula is C23H25Cl2Zr-3. The number of aryl methyl sites for hydroxylation is 2. The molecule has 4 rings (SSSR count). The van der Waals surface area contributed by atoms with E-state index in [0.29, 0.717) is 0 Å². The Hall–Kier alpha value is -1.01. The van der Waals surface area contributed by atoms with Crippen molar-refractivity contribution in [2.24, 2.45) is 0 Å². The molecule has 26 heavy (non-hydrogen) atoms. The van der Waals surface area contributed by atoms with Gasteiger partial charge in [-0.1, -0.05) is 26.0 Å². The van der Waals surface area contributed by atoms with Gasteiger partial charge in [0.2, 0.25) is 0 Å². The molecule has 0 N–H and O–H groups in total. The second-order valence-electron chi connectivity index (χ2n) is 5.90. The third kappa shape index (κ3) is 7.31. The zero-order chi connectivity index (χ0) is 18.2. The number of halogens is 2. The summed E-state index contributed by atoms with van der Waals surface area (Å²) in [6.07, 6.45) is 0. The first-order valence-corrected chi connectivity index (χ1v) is 16.0. The zero-order valence-corrected chi connectivity index (χ0v) is 19.7.